The molecule has 4 atom stereocenters. The molecular weight excluding hydrogens is 630 g/mol. The maximum absolute atomic E-state index is 14.2. The topological polar surface area (TPSA) is 206 Å². The van der Waals surface area contributed by atoms with E-state index >= 15 is 0 Å². The molecule has 0 heterocycles. The molecule has 1 aromatic carbocycles. The summed E-state index contributed by atoms with van der Waals surface area (Å²) < 4.78 is 0. The van der Waals surface area contributed by atoms with Crippen LogP contribution in [-0.2, 0) is 20.8 Å². The van der Waals surface area contributed by atoms with Crippen molar-refractivity contribution in [3.63, 3.8) is 0 Å². The molecule has 1 aromatic rings. The standard InChI is InChI=1S/C36H53N5O8/c1-6-7-8-9-10-11-12-13-14-15-38-19-25(42)39-23-18-24(40(2)3)21-16-20-17-22-29(41(4)5)32(45)28(35(37)48)34(47)36(22,49)33(46)26(20)31(44)27(21)30(23)43/h18,20,22,29,38,43,45-46,49H,6-17,19H2,1-5H3,(H2,37,48)(H,39,42)/t20?,22?,29-,36-/m0/s1. The zero-order valence-electron chi connectivity index (χ0n) is 29.4. The van der Waals surface area contributed by atoms with Crippen LogP contribution in [0.25, 0.3) is 0 Å². The number of rotatable bonds is 16. The fourth-order valence-electron chi connectivity index (χ4n) is 7.75. The molecule has 0 aliphatic heterocycles. The number of nitrogens with two attached hydrogens (primary N) is 1. The molecule has 0 saturated heterocycles. The number of primary amides is 1. The van der Waals surface area contributed by atoms with Crippen LogP contribution >= 0.6 is 0 Å². The minimum Gasteiger partial charge on any atom is -0.510 e. The fourth-order valence-corrected chi connectivity index (χ4v) is 7.75. The lowest BCUT2D eigenvalue weighted by Crippen LogP contribution is -2.63. The number of carbonyl (C=O) groups is 4. The number of phenolic OH excluding ortho intramolecular Hbond substituents is 1. The molecule has 0 aromatic heterocycles. The second kappa shape index (κ2) is 15.7. The number of likely N-dealkylation sites (N-methyl/N-ethyl adjacent to an activating group) is 1. The number of benzene rings is 1. The van der Waals surface area contributed by atoms with Gasteiger partial charge in [-0.3, -0.25) is 24.1 Å². The number of hydrogen-bond acceptors (Lipinski definition) is 11. The molecule has 3 aliphatic carbocycles. The third kappa shape index (κ3) is 7.34. The number of aliphatic hydroxyl groups is 3. The lowest BCUT2D eigenvalue weighted by atomic mass is 9.58. The second-order valence-electron chi connectivity index (χ2n) is 14.1. The Hall–Kier alpha value is -3.94. The summed E-state index contributed by atoms with van der Waals surface area (Å²) in [7, 11) is 6.68. The number of aromatic hydroxyl groups is 1. The SMILES string of the molecule is CCCCCCCCCCCNCC(=O)Nc1cc(N(C)C)c2c(c1O)C(=O)C1=C(O)[C@]3(O)C(=O)C(C(N)=O)=C(O)[C@@H](N(C)C)C3CC1C2. The van der Waals surface area contributed by atoms with Crippen LogP contribution in [0.4, 0.5) is 11.4 Å². The first kappa shape index (κ1) is 37.9. The molecule has 4 rings (SSSR count). The Morgan fingerprint density at radius 1 is 0.980 bits per heavy atom. The molecule has 270 valence electrons. The van der Waals surface area contributed by atoms with Crippen LogP contribution in [-0.4, -0.2) is 102 Å². The van der Waals surface area contributed by atoms with Crippen LogP contribution in [0.1, 0.15) is 87.1 Å². The van der Waals surface area contributed by atoms with Crippen LogP contribution in [0, 0.1) is 11.8 Å². The number of unbranched alkanes of at least 4 members (excludes halogenated alkanes) is 8. The number of nitrogens with zero attached hydrogens (tertiary/aromatic N) is 2. The molecule has 0 saturated carbocycles. The van der Waals surface area contributed by atoms with Gasteiger partial charge < -0.3 is 41.7 Å². The maximum atomic E-state index is 14.2. The van der Waals surface area contributed by atoms with Gasteiger partial charge in [0.05, 0.1) is 23.8 Å². The van der Waals surface area contributed by atoms with Gasteiger partial charge in [-0.05, 0) is 57.5 Å². The number of nitrogens with one attached hydrogen (secondary N) is 2. The van der Waals surface area contributed by atoms with E-state index in [1.165, 1.54) is 43.4 Å². The molecule has 2 unspecified atom stereocenters. The van der Waals surface area contributed by atoms with E-state index in [-0.39, 0.29) is 36.2 Å². The molecule has 0 fully saturated rings. The van der Waals surface area contributed by atoms with Crippen molar-refractivity contribution >= 4 is 34.8 Å². The highest BCUT2D eigenvalue weighted by Gasteiger charge is 2.63. The first-order valence-electron chi connectivity index (χ1n) is 17.4. The van der Waals surface area contributed by atoms with Crippen LogP contribution in [0.5, 0.6) is 5.75 Å². The quantitative estimate of drug-likeness (QED) is 0.0765. The van der Waals surface area contributed by atoms with Crippen molar-refractivity contribution in [3.8, 4) is 5.75 Å². The van der Waals surface area contributed by atoms with Crippen LogP contribution < -0.4 is 21.3 Å². The van der Waals surface area contributed by atoms with E-state index in [0.29, 0.717) is 17.8 Å². The normalized spacial score (nSPS) is 23.4. The molecule has 0 bridgehead atoms. The average Bonchev–Trinajstić information content (AvgIpc) is 3.02. The lowest BCUT2D eigenvalue weighted by Gasteiger charge is -2.50. The number of ketones is 2. The number of hydrogen-bond donors (Lipinski definition) is 7. The van der Waals surface area contributed by atoms with Crippen LogP contribution in [0.3, 0.4) is 0 Å². The highest BCUT2D eigenvalue weighted by atomic mass is 16.3. The molecule has 0 radical (unpaired) electrons. The van der Waals surface area contributed by atoms with Gasteiger partial charge in [0.25, 0.3) is 5.91 Å². The summed E-state index contributed by atoms with van der Waals surface area (Å²) >= 11 is 0. The van der Waals surface area contributed by atoms with Gasteiger partial charge in [0.1, 0.15) is 17.1 Å². The Kier molecular flexibility index (Phi) is 12.2. The van der Waals surface area contributed by atoms with Gasteiger partial charge in [-0.15, -0.1) is 0 Å². The van der Waals surface area contributed by atoms with Gasteiger partial charge in [-0.1, -0.05) is 58.3 Å². The minimum atomic E-state index is -2.73. The van der Waals surface area contributed by atoms with Gasteiger partial charge in [0.2, 0.25) is 11.7 Å². The first-order chi connectivity index (χ1) is 23.2. The average molecular weight is 684 g/mol. The number of Topliss-reactive ketones (excluding diaryl/α,β-unsaturated/α-hetero) is 2. The predicted octanol–water partition coefficient (Wildman–Crippen LogP) is 3.25. The van der Waals surface area contributed by atoms with Crippen molar-refractivity contribution in [1.82, 2.24) is 10.2 Å². The Balaban J connectivity index is 1.55. The number of phenols is 1. The zero-order chi connectivity index (χ0) is 36.2. The van der Waals surface area contributed by atoms with E-state index < -0.39 is 69.7 Å². The van der Waals surface area contributed by atoms with Gasteiger partial charge in [-0.2, -0.15) is 0 Å². The third-order valence-corrected chi connectivity index (χ3v) is 10.2. The molecule has 8 N–H and O–H groups in total. The summed E-state index contributed by atoms with van der Waals surface area (Å²) in [5, 5.41) is 51.6. The monoisotopic (exact) mass is 683 g/mol. The maximum Gasteiger partial charge on any atom is 0.255 e. The van der Waals surface area contributed by atoms with Crippen molar-refractivity contribution in [3.05, 3.63) is 39.9 Å². The van der Waals surface area contributed by atoms with Gasteiger partial charge >= 0.3 is 0 Å². The molecule has 2 amide bonds. The first-order valence-corrected chi connectivity index (χ1v) is 17.4. The Bertz CT molecular complexity index is 1530. The number of fused-ring (bicyclic) bond motifs is 3. The van der Waals surface area contributed by atoms with Gasteiger partial charge in [-0.25, -0.2) is 0 Å². The highest BCUT2D eigenvalue weighted by Crippen LogP contribution is 2.53. The number of aliphatic hydroxyl groups excluding tert-OH is 2. The van der Waals surface area contributed by atoms with Crippen molar-refractivity contribution in [2.24, 2.45) is 17.6 Å². The largest absolute Gasteiger partial charge is 0.510 e. The van der Waals surface area contributed by atoms with Crippen LogP contribution in [0.15, 0.2) is 28.7 Å². The van der Waals surface area contributed by atoms with E-state index in [4.69, 9.17) is 5.73 Å². The summed E-state index contributed by atoms with van der Waals surface area (Å²) in [5.41, 5.74) is 2.44. The van der Waals surface area contributed by atoms with Crippen molar-refractivity contribution < 1.29 is 39.6 Å². The minimum absolute atomic E-state index is 0.00106. The zero-order valence-corrected chi connectivity index (χ0v) is 29.4. The van der Waals surface area contributed by atoms with E-state index in [1.807, 2.05) is 0 Å². The van der Waals surface area contributed by atoms with E-state index in [9.17, 15) is 39.6 Å². The Labute approximate surface area is 288 Å². The smallest absolute Gasteiger partial charge is 0.255 e. The highest BCUT2D eigenvalue weighted by molar-refractivity contribution is 6.25. The summed E-state index contributed by atoms with van der Waals surface area (Å²) in [6.45, 7) is 2.87. The van der Waals surface area contributed by atoms with E-state index in [0.717, 1.165) is 19.3 Å². The Morgan fingerprint density at radius 3 is 2.16 bits per heavy atom. The molecule has 3 aliphatic rings. The molecule has 13 nitrogen and oxygen atoms in total. The van der Waals surface area contributed by atoms with Crippen molar-refractivity contribution in [2.75, 3.05) is 51.5 Å². The van der Waals surface area contributed by atoms with Crippen LogP contribution in [0.2, 0.25) is 0 Å². The summed E-state index contributed by atoms with van der Waals surface area (Å²) in [5.74, 6) is -7.67. The van der Waals surface area contributed by atoms with E-state index in [2.05, 4.69) is 17.6 Å². The fraction of sp³-hybridized carbons (Fsp3) is 0.611. The number of anilines is 2. The molecule has 49 heavy (non-hydrogen) atoms. The molecule has 13 heteroatoms. The van der Waals surface area contributed by atoms with Crippen molar-refractivity contribution in [1.29, 1.82) is 0 Å². The number of allylic oxidation sites excluding steroid dienone is 1. The van der Waals surface area contributed by atoms with Crippen molar-refractivity contribution in [2.45, 2.75) is 89.2 Å². The van der Waals surface area contributed by atoms with Gasteiger partial charge in [0, 0.05) is 31.3 Å². The van der Waals surface area contributed by atoms with E-state index in [1.54, 1.807) is 39.2 Å². The second-order valence-corrected chi connectivity index (χ2v) is 14.1. The number of amides is 2. The number of carbonyl (C=O) groups excluding carboxylic acids is 4. The summed E-state index contributed by atoms with van der Waals surface area (Å²) in [6, 6.07) is 0.521. The van der Waals surface area contributed by atoms with Gasteiger partial charge in [0.15, 0.2) is 17.1 Å². The predicted molar refractivity (Wildman–Crippen MR) is 187 cm³/mol. The third-order valence-electron chi connectivity index (χ3n) is 10.2. The summed E-state index contributed by atoms with van der Waals surface area (Å²) in [4.78, 5) is 56.1. The molecule has 0 spiro atoms. The Morgan fingerprint density at radius 2 is 1.59 bits per heavy atom. The molecular formula is C36H53N5O8. The summed E-state index contributed by atoms with van der Waals surface area (Å²) in [6.07, 6.45) is 10.9. The lowest BCUT2D eigenvalue weighted by molar-refractivity contribution is -0.148.